The zero-order valence-electron chi connectivity index (χ0n) is 10.6. The van der Waals surface area contributed by atoms with Crippen LogP contribution in [0.2, 0.25) is 0 Å². The number of halogens is 3. The summed E-state index contributed by atoms with van der Waals surface area (Å²) in [6.45, 7) is 0.222. The van der Waals surface area contributed by atoms with E-state index < -0.39 is 22.4 Å². The van der Waals surface area contributed by atoms with Crippen molar-refractivity contribution in [1.29, 1.82) is 0 Å². The van der Waals surface area contributed by atoms with Gasteiger partial charge in [-0.3, -0.25) is 15.1 Å². The smallest absolute Gasteiger partial charge is 0.375 e. The topological polar surface area (TPSA) is 68.1 Å². The van der Waals surface area contributed by atoms with E-state index in [1.54, 1.807) is 24.5 Å². The number of alkyl halides is 3. The number of hydrogen-bond acceptors (Lipinski definition) is 4. The molecule has 0 aliphatic carbocycles. The number of nitro benzene ring substituents is 1. The Kier molecular flexibility index (Phi) is 4.06. The van der Waals surface area contributed by atoms with Gasteiger partial charge in [-0.05, 0) is 23.8 Å². The van der Waals surface area contributed by atoms with E-state index in [2.05, 4.69) is 10.3 Å². The molecule has 5 nitrogen and oxygen atoms in total. The van der Waals surface area contributed by atoms with Gasteiger partial charge in [0.15, 0.2) is 0 Å². The van der Waals surface area contributed by atoms with Crippen molar-refractivity contribution in [2.45, 2.75) is 12.7 Å². The number of aromatic nitrogens is 1. The minimum absolute atomic E-state index is 0.0249. The maximum Gasteiger partial charge on any atom is 0.416 e. The molecule has 8 heteroatoms. The monoisotopic (exact) mass is 297 g/mol. The van der Waals surface area contributed by atoms with Gasteiger partial charge >= 0.3 is 6.18 Å². The van der Waals surface area contributed by atoms with Crippen LogP contribution in [0.25, 0.3) is 0 Å². The summed E-state index contributed by atoms with van der Waals surface area (Å²) in [5, 5.41) is 13.6. The van der Waals surface area contributed by atoms with Gasteiger partial charge in [-0.25, -0.2) is 0 Å². The zero-order chi connectivity index (χ0) is 15.5. The van der Waals surface area contributed by atoms with Gasteiger partial charge in [0.2, 0.25) is 0 Å². The SMILES string of the molecule is O=[N+]([O-])c1cc(C(F)(F)F)ccc1NCc1cccnc1. The van der Waals surface area contributed by atoms with E-state index in [0.29, 0.717) is 6.07 Å². The average molecular weight is 297 g/mol. The summed E-state index contributed by atoms with van der Waals surface area (Å²) in [5.74, 6) is 0. The van der Waals surface area contributed by atoms with E-state index in [1.807, 2.05) is 0 Å². The first-order valence-electron chi connectivity index (χ1n) is 5.86. The summed E-state index contributed by atoms with van der Waals surface area (Å²) in [6, 6.07) is 5.82. The molecule has 0 atom stereocenters. The lowest BCUT2D eigenvalue weighted by Gasteiger charge is -2.10. The van der Waals surface area contributed by atoms with Crippen molar-refractivity contribution in [3.8, 4) is 0 Å². The Morgan fingerprint density at radius 1 is 1.29 bits per heavy atom. The summed E-state index contributed by atoms with van der Waals surface area (Å²) >= 11 is 0. The zero-order valence-corrected chi connectivity index (χ0v) is 10.6. The molecule has 110 valence electrons. The predicted molar refractivity (Wildman–Crippen MR) is 69.7 cm³/mol. The molecular formula is C13H10F3N3O2. The number of nitro groups is 1. The lowest BCUT2D eigenvalue weighted by atomic mass is 10.1. The fraction of sp³-hybridized carbons (Fsp3) is 0.154. The number of rotatable bonds is 4. The quantitative estimate of drug-likeness (QED) is 0.691. The summed E-state index contributed by atoms with van der Waals surface area (Å²) in [5.41, 5.74) is -0.890. The average Bonchev–Trinajstić information content (AvgIpc) is 2.45. The van der Waals surface area contributed by atoms with Gasteiger partial charge in [-0.2, -0.15) is 13.2 Å². The third-order valence-corrected chi connectivity index (χ3v) is 2.73. The fourth-order valence-electron chi connectivity index (χ4n) is 1.71. The largest absolute Gasteiger partial charge is 0.416 e. The maximum atomic E-state index is 12.6. The Labute approximate surface area is 117 Å². The van der Waals surface area contributed by atoms with E-state index in [-0.39, 0.29) is 12.2 Å². The predicted octanol–water partition coefficient (Wildman–Crippen LogP) is 3.62. The standard InChI is InChI=1S/C13H10F3N3O2/c14-13(15,16)10-3-4-11(12(6-10)19(20)21)18-8-9-2-1-5-17-7-9/h1-7,18H,8H2. The molecule has 0 radical (unpaired) electrons. The minimum atomic E-state index is -4.62. The van der Waals surface area contributed by atoms with Crippen molar-refractivity contribution in [3.05, 3.63) is 64.0 Å². The van der Waals surface area contributed by atoms with Crippen molar-refractivity contribution in [2.24, 2.45) is 0 Å². The molecule has 0 unspecified atom stereocenters. The van der Waals surface area contributed by atoms with Gasteiger partial charge in [0.1, 0.15) is 5.69 Å². The van der Waals surface area contributed by atoms with E-state index in [9.17, 15) is 23.3 Å². The van der Waals surface area contributed by atoms with Crippen molar-refractivity contribution in [1.82, 2.24) is 4.98 Å². The van der Waals surface area contributed by atoms with Crippen LogP contribution >= 0.6 is 0 Å². The van der Waals surface area contributed by atoms with Crippen molar-refractivity contribution in [2.75, 3.05) is 5.32 Å². The van der Waals surface area contributed by atoms with Crippen LogP contribution in [-0.4, -0.2) is 9.91 Å². The fourth-order valence-corrected chi connectivity index (χ4v) is 1.71. The van der Waals surface area contributed by atoms with E-state index in [0.717, 1.165) is 17.7 Å². The van der Waals surface area contributed by atoms with Gasteiger partial charge in [0.25, 0.3) is 5.69 Å². The molecule has 0 saturated carbocycles. The van der Waals surface area contributed by atoms with Gasteiger partial charge in [0, 0.05) is 25.0 Å². The first-order chi connectivity index (χ1) is 9.88. The van der Waals surface area contributed by atoms with Crippen LogP contribution in [0.15, 0.2) is 42.7 Å². The highest BCUT2D eigenvalue weighted by molar-refractivity contribution is 5.63. The van der Waals surface area contributed by atoms with E-state index in [4.69, 9.17) is 0 Å². The number of benzene rings is 1. The molecule has 1 heterocycles. The van der Waals surface area contributed by atoms with Gasteiger partial charge < -0.3 is 5.32 Å². The summed E-state index contributed by atoms with van der Waals surface area (Å²) in [7, 11) is 0. The van der Waals surface area contributed by atoms with Crippen molar-refractivity contribution >= 4 is 11.4 Å². The van der Waals surface area contributed by atoms with Crippen molar-refractivity contribution < 1.29 is 18.1 Å². The second-order valence-corrected chi connectivity index (χ2v) is 4.20. The molecule has 1 aromatic heterocycles. The van der Waals surface area contributed by atoms with Crippen LogP contribution in [0.5, 0.6) is 0 Å². The highest BCUT2D eigenvalue weighted by Gasteiger charge is 2.32. The Balaban J connectivity index is 2.25. The van der Waals surface area contributed by atoms with E-state index in [1.165, 1.54) is 0 Å². The second kappa shape index (κ2) is 5.78. The molecule has 0 fully saturated rings. The van der Waals surface area contributed by atoms with Crippen LogP contribution in [0.3, 0.4) is 0 Å². The molecule has 0 bridgehead atoms. The minimum Gasteiger partial charge on any atom is -0.375 e. The molecule has 2 rings (SSSR count). The highest BCUT2D eigenvalue weighted by atomic mass is 19.4. The summed E-state index contributed by atoms with van der Waals surface area (Å²) in [4.78, 5) is 13.9. The number of hydrogen-bond donors (Lipinski definition) is 1. The van der Waals surface area contributed by atoms with Gasteiger partial charge in [-0.1, -0.05) is 6.07 Å². The number of nitrogens with one attached hydrogen (secondary N) is 1. The molecular weight excluding hydrogens is 287 g/mol. The molecule has 1 aromatic carbocycles. The van der Waals surface area contributed by atoms with Crippen LogP contribution in [-0.2, 0) is 12.7 Å². The summed E-state index contributed by atoms with van der Waals surface area (Å²) < 4.78 is 37.7. The summed E-state index contributed by atoms with van der Waals surface area (Å²) in [6.07, 6.45) is -1.49. The molecule has 0 saturated heterocycles. The number of nitrogens with zero attached hydrogens (tertiary/aromatic N) is 2. The molecule has 0 aliphatic rings. The van der Waals surface area contributed by atoms with Crippen molar-refractivity contribution in [3.63, 3.8) is 0 Å². The number of pyridine rings is 1. The molecule has 0 spiro atoms. The van der Waals surface area contributed by atoms with E-state index >= 15 is 0 Å². The lowest BCUT2D eigenvalue weighted by molar-refractivity contribution is -0.384. The Morgan fingerprint density at radius 3 is 2.62 bits per heavy atom. The number of anilines is 1. The van der Waals surface area contributed by atoms with Crippen LogP contribution in [0, 0.1) is 10.1 Å². The Bertz CT molecular complexity index is 645. The van der Waals surface area contributed by atoms with Gasteiger partial charge in [-0.15, -0.1) is 0 Å². The first kappa shape index (κ1) is 14.8. The molecule has 0 aliphatic heterocycles. The van der Waals surface area contributed by atoms with Gasteiger partial charge in [0.05, 0.1) is 10.5 Å². The molecule has 0 amide bonds. The molecule has 2 aromatic rings. The molecule has 1 N–H and O–H groups in total. The maximum absolute atomic E-state index is 12.6. The van der Waals surface area contributed by atoms with Crippen LogP contribution in [0.1, 0.15) is 11.1 Å². The van der Waals surface area contributed by atoms with Crippen LogP contribution in [0.4, 0.5) is 24.5 Å². The Morgan fingerprint density at radius 2 is 2.05 bits per heavy atom. The second-order valence-electron chi connectivity index (χ2n) is 4.20. The third-order valence-electron chi connectivity index (χ3n) is 2.73. The normalized spacial score (nSPS) is 11.2. The first-order valence-corrected chi connectivity index (χ1v) is 5.86. The molecule has 21 heavy (non-hydrogen) atoms. The highest BCUT2D eigenvalue weighted by Crippen LogP contribution is 2.35. The lowest BCUT2D eigenvalue weighted by Crippen LogP contribution is -2.08. The third kappa shape index (κ3) is 3.68. The Hall–Kier alpha value is -2.64. The van der Waals surface area contributed by atoms with Crippen LogP contribution < -0.4 is 5.32 Å².